The minimum Gasteiger partial charge on any atom is -0.456 e. The predicted octanol–water partition coefficient (Wildman–Crippen LogP) is 9.28. The van der Waals surface area contributed by atoms with E-state index in [0.717, 1.165) is 71.7 Å². The van der Waals surface area contributed by atoms with E-state index in [1.54, 1.807) is 12.4 Å². The van der Waals surface area contributed by atoms with Gasteiger partial charge in [-0.05, 0) is 71.3 Å². The van der Waals surface area contributed by atoms with Crippen LogP contribution in [0.5, 0.6) is 0 Å². The van der Waals surface area contributed by atoms with E-state index >= 15 is 0 Å². The summed E-state index contributed by atoms with van der Waals surface area (Å²) < 4.78 is 8.38. The summed E-state index contributed by atoms with van der Waals surface area (Å²) in [7, 11) is 0. The standard InChI is InChI=1S/C36H21N3O/c37-22-26-19-25(23-15-17-38-18-16-23)21-30(24-13-14-35-31(20-24)29-9-3-6-12-34(29)40-35)36(26)39-32-10-4-1-7-27(32)28-8-2-5-11-33(28)39/h1-21H. The van der Waals surface area contributed by atoms with Crippen molar-refractivity contribution >= 4 is 43.7 Å². The lowest BCUT2D eigenvalue weighted by Gasteiger charge is -2.18. The molecule has 0 saturated heterocycles. The fourth-order valence-corrected chi connectivity index (χ4v) is 5.95. The lowest BCUT2D eigenvalue weighted by atomic mass is 9.93. The first-order valence-electron chi connectivity index (χ1n) is 13.2. The first kappa shape index (κ1) is 22.3. The van der Waals surface area contributed by atoms with E-state index in [4.69, 9.17) is 4.42 Å². The summed E-state index contributed by atoms with van der Waals surface area (Å²) in [6.45, 7) is 0. The smallest absolute Gasteiger partial charge is 0.135 e. The molecule has 0 atom stereocenters. The van der Waals surface area contributed by atoms with Crippen LogP contribution in [0.15, 0.2) is 132 Å². The molecule has 0 unspecified atom stereocenters. The molecule has 0 aliphatic rings. The lowest BCUT2D eigenvalue weighted by Crippen LogP contribution is -2.02. The van der Waals surface area contributed by atoms with Gasteiger partial charge in [0.25, 0.3) is 0 Å². The third kappa shape index (κ3) is 3.28. The number of fused-ring (bicyclic) bond motifs is 6. The molecule has 4 nitrogen and oxygen atoms in total. The minimum atomic E-state index is 0.605. The maximum Gasteiger partial charge on any atom is 0.135 e. The number of para-hydroxylation sites is 3. The van der Waals surface area contributed by atoms with Crippen LogP contribution in [-0.2, 0) is 0 Å². The van der Waals surface area contributed by atoms with Crippen LogP contribution in [0, 0.1) is 11.3 Å². The Morgan fingerprint density at radius 2 is 1.23 bits per heavy atom. The Hall–Kier alpha value is -5.66. The number of rotatable bonds is 3. The highest BCUT2D eigenvalue weighted by atomic mass is 16.3. The number of hydrogen-bond acceptors (Lipinski definition) is 3. The van der Waals surface area contributed by atoms with E-state index in [-0.39, 0.29) is 0 Å². The second-order valence-electron chi connectivity index (χ2n) is 9.95. The maximum atomic E-state index is 10.6. The first-order valence-corrected chi connectivity index (χ1v) is 13.2. The van der Waals surface area contributed by atoms with E-state index in [1.165, 1.54) is 0 Å². The fourth-order valence-electron chi connectivity index (χ4n) is 5.95. The number of nitrogens with zero attached hydrogens (tertiary/aromatic N) is 3. The molecular formula is C36H21N3O. The Morgan fingerprint density at radius 1 is 0.575 bits per heavy atom. The molecule has 0 aliphatic carbocycles. The molecule has 0 bridgehead atoms. The number of nitriles is 1. The van der Waals surface area contributed by atoms with Gasteiger partial charge in [0.15, 0.2) is 0 Å². The Labute approximate surface area is 230 Å². The molecule has 0 fully saturated rings. The average molecular weight is 512 g/mol. The van der Waals surface area contributed by atoms with Crippen molar-refractivity contribution in [2.24, 2.45) is 0 Å². The van der Waals surface area contributed by atoms with Gasteiger partial charge in [0.1, 0.15) is 17.2 Å². The molecule has 0 saturated carbocycles. The normalized spacial score (nSPS) is 11.5. The highest BCUT2D eigenvalue weighted by Crippen LogP contribution is 2.41. The molecule has 8 aromatic rings. The van der Waals surface area contributed by atoms with Crippen LogP contribution < -0.4 is 0 Å². The highest BCUT2D eigenvalue weighted by Gasteiger charge is 2.21. The van der Waals surface area contributed by atoms with E-state index < -0.39 is 0 Å². The molecule has 5 aromatic carbocycles. The van der Waals surface area contributed by atoms with Crippen molar-refractivity contribution in [3.05, 3.63) is 133 Å². The Kier molecular flexibility index (Phi) is 4.85. The molecule has 3 heterocycles. The zero-order chi connectivity index (χ0) is 26.6. The van der Waals surface area contributed by atoms with Crippen LogP contribution in [0.25, 0.3) is 71.7 Å². The lowest BCUT2D eigenvalue weighted by molar-refractivity contribution is 0.669. The van der Waals surface area contributed by atoms with Gasteiger partial charge in [-0.1, -0.05) is 60.7 Å². The van der Waals surface area contributed by atoms with Gasteiger partial charge >= 0.3 is 0 Å². The van der Waals surface area contributed by atoms with Gasteiger partial charge in [0, 0.05) is 39.5 Å². The summed E-state index contributed by atoms with van der Waals surface area (Å²) in [6, 6.07) is 41.9. The van der Waals surface area contributed by atoms with Gasteiger partial charge in [-0.3, -0.25) is 4.98 Å². The first-order chi connectivity index (χ1) is 19.8. The van der Waals surface area contributed by atoms with Crippen LogP contribution in [0.4, 0.5) is 0 Å². The molecular weight excluding hydrogens is 490 g/mol. The van der Waals surface area contributed by atoms with Gasteiger partial charge in [-0.15, -0.1) is 0 Å². The minimum absolute atomic E-state index is 0.605. The second-order valence-corrected chi connectivity index (χ2v) is 9.95. The molecule has 4 heteroatoms. The molecule has 0 amide bonds. The van der Waals surface area contributed by atoms with Crippen molar-refractivity contribution in [2.75, 3.05) is 0 Å². The summed E-state index contributed by atoms with van der Waals surface area (Å²) in [4.78, 5) is 4.20. The van der Waals surface area contributed by atoms with Gasteiger partial charge in [-0.25, -0.2) is 0 Å². The molecule has 8 rings (SSSR count). The number of furan rings is 1. The summed E-state index contributed by atoms with van der Waals surface area (Å²) in [5.74, 6) is 0. The van der Waals surface area contributed by atoms with Crippen molar-refractivity contribution in [1.29, 1.82) is 5.26 Å². The Morgan fingerprint density at radius 3 is 1.95 bits per heavy atom. The highest BCUT2D eigenvalue weighted by molar-refractivity contribution is 6.11. The number of aromatic nitrogens is 2. The van der Waals surface area contributed by atoms with E-state index in [2.05, 4.69) is 88.4 Å². The van der Waals surface area contributed by atoms with Gasteiger partial charge in [0.05, 0.1) is 22.3 Å². The molecule has 186 valence electrons. The zero-order valence-corrected chi connectivity index (χ0v) is 21.4. The van der Waals surface area contributed by atoms with Crippen molar-refractivity contribution in [3.63, 3.8) is 0 Å². The topological polar surface area (TPSA) is 54.8 Å². The zero-order valence-electron chi connectivity index (χ0n) is 21.4. The van der Waals surface area contributed by atoms with Gasteiger partial charge < -0.3 is 8.98 Å². The van der Waals surface area contributed by atoms with Crippen LogP contribution in [-0.4, -0.2) is 9.55 Å². The Balaban J connectivity index is 1.52. The molecule has 0 aliphatic heterocycles. The van der Waals surface area contributed by atoms with Gasteiger partial charge in [-0.2, -0.15) is 5.26 Å². The summed E-state index contributed by atoms with van der Waals surface area (Å²) in [5, 5.41) is 15.0. The molecule has 0 N–H and O–H groups in total. The number of pyridine rings is 1. The molecule has 3 aromatic heterocycles. The summed E-state index contributed by atoms with van der Waals surface area (Å²) >= 11 is 0. The Bertz CT molecular complexity index is 2230. The molecule has 0 radical (unpaired) electrons. The number of hydrogen-bond donors (Lipinski definition) is 0. The second kappa shape index (κ2) is 8.69. The van der Waals surface area contributed by atoms with Crippen molar-refractivity contribution in [2.45, 2.75) is 0 Å². The van der Waals surface area contributed by atoms with Crippen LogP contribution in [0.3, 0.4) is 0 Å². The fraction of sp³-hybridized carbons (Fsp3) is 0. The SMILES string of the molecule is N#Cc1cc(-c2ccncc2)cc(-c2ccc3oc4ccccc4c3c2)c1-n1c2ccccc2c2ccccc21. The quantitative estimate of drug-likeness (QED) is 0.237. The summed E-state index contributed by atoms with van der Waals surface area (Å²) in [5.41, 5.74) is 9.27. The van der Waals surface area contributed by atoms with Crippen LogP contribution in [0.2, 0.25) is 0 Å². The van der Waals surface area contributed by atoms with Crippen LogP contribution >= 0.6 is 0 Å². The summed E-state index contributed by atoms with van der Waals surface area (Å²) in [6.07, 6.45) is 3.57. The van der Waals surface area contributed by atoms with Crippen LogP contribution in [0.1, 0.15) is 5.56 Å². The molecule has 0 spiro atoms. The van der Waals surface area contributed by atoms with Crippen molar-refractivity contribution in [3.8, 4) is 34.0 Å². The third-order valence-corrected chi connectivity index (χ3v) is 7.74. The van der Waals surface area contributed by atoms with Crippen molar-refractivity contribution in [1.82, 2.24) is 9.55 Å². The third-order valence-electron chi connectivity index (χ3n) is 7.74. The van der Waals surface area contributed by atoms with E-state index in [1.807, 2.05) is 42.5 Å². The van der Waals surface area contributed by atoms with Gasteiger partial charge in [0.2, 0.25) is 0 Å². The van der Waals surface area contributed by atoms with Crippen molar-refractivity contribution < 1.29 is 4.42 Å². The predicted molar refractivity (Wildman–Crippen MR) is 161 cm³/mol. The molecule has 40 heavy (non-hydrogen) atoms. The average Bonchev–Trinajstić information content (AvgIpc) is 3.56. The largest absolute Gasteiger partial charge is 0.456 e. The monoisotopic (exact) mass is 511 g/mol. The van der Waals surface area contributed by atoms with E-state index in [0.29, 0.717) is 5.56 Å². The maximum absolute atomic E-state index is 10.6. The van der Waals surface area contributed by atoms with E-state index in [9.17, 15) is 5.26 Å². The number of benzene rings is 5.